The fourth-order valence-corrected chi connectivity index (χ4v) is 2.36. The first-order valence-corrected chi connectivity index (χ1v) is 8.11. The summed E-state index contributed by atoms with van der Waals surface area (Å²) in [6.45, 7) is 1.38. The number of hydrogen-bond acceptors (Lipinski definition) is 3. The number of nitrogens with zero attached hydrogens (tertiary/aromatic N) is 1. The van der Waals surface area contributed by atoms with Gasteiger partial charge >= 0.3 is 6.03 Å². The zero-order valence-corrected chi connectivity index (χ0v) is 13.6. The molecule has 0 aromatic heterocycles. The number of benzene rings is 1. The summed E-state index contributed by atoms with van der Waals surface area (Å²) in [5, 5.41) is 5.57. The maximum Gasteiger partial charge on any atom is 0.317 e. The molecule has 1 aromatic rings. The lowest BCUT2D eigenvalue weighted by atomic mass is 10.2. The van der Waals surface area contributed by atoms with Crippen molar-refractivity contribution in [3.8, 4) is 0 Å². The molecule has 1 unspecified atom stereocenters. The van der Waals surface area contributed by atoms with Crippen LogP contribution in [0.4, 0.5) is 4.79 Å². The normalized spacial score (nSPS) is 14.9. The van der Waals surface area contributed by atoms with E-state index in [4.69, 9.17) is 5.73 Å². The van der Waals surface area contributed by atoms with E-state index >= 15 is 0 Å². The van der Waals surface area contributed by atoms with Gasteiger partial charge in [0.25, 0.3) is 0 Å². The molecule has 0 heterocycles. The molecule has 0 aliphatic heterocycles. The van der Waals surface area contributed by atoms with Gasteiger partial charge in [0.2, 0.25) is 5.91 Å². The highest BCUT2D eigenvalue weighted by Crippen LogP contribution is 2.31. The number of amides is 3. The van der Waals surface area contributed by atoms with Gasteiger partial charge in [0.1, 0.15) is 0 Å². The van der Waals surface area contributed by atoms with Crippen molar-refractivity contribution >= 4 is 11.9 Å². The van der Waals surface area contributed by atoms with Crippen LogP contribution in [0.2, 0.25) is 0 Å². The summed E-state index contributed by atoms with van der Waals surface area (Å²) in [5.74, 6) is 0.494. The minimum atomic E-state index is -0.184. The molecule has 1 saturated carbocycles. The number of carbonyl (C=O) groups excluding carboxylic acids is 2. The Morgan fingerprint density at radius 2 is 1.96 bits per heavy atom. The molecule has 4 N–H and O–H groups in total. The summed E-state index contributed by atoms with van der Waals surface area (Å²) in [6, 6.07) is 9.65. The standard InChI is InChI=1S/C17H26N4O2/c1-21(12-13-5-3-2-4-6-13)17(23)19-10-9-16(22)20-11-15(18)14-7-8-14/h2-6,14-15H,7-12,18H2,1H3,(H,19,23)(H,20,22). The summed E-state index contributed by atoms with van der Waals surface area (Å²) in [6.07, 6.45) is 2.60. The molecule has 1 atom stereocenters. The van der Waals surface area contributed by atoms with Gasteiger partial charge in [-0.2, -0.15) is 0 Å². The second-order valence-electron chi connectivity index (χ2n) is 6.13. The van der Waals surface area contributed by atoms with Crippen molar-refractivity contribution in [3.63, 3.8) is 0 Å². The Morgan fingerprint density at radius 1 is 1.26 bits per heavy atom. The SMILES string of the molecule is CN(Cc1ccccc1)C(=O)NCCC(=O)NCC(N)C1CC1. The number of carbonyl (C=O) groups is 2. The third kappa shape index (κ3) is 6.28. The molecule has 1 aliphatic rings. The van der Waals surface area contributed by atoms with Gasteiger partial charge in [-0.25, -0.2) is 4.79 Å². The van der Waals surface area contributed by atoms with Crippen molar-refractivity contribution in [1.29, 1.82) is 0 Å². The third-order valence-electron chi connectivity index (χ3n) is 4.00. The van der Waals surface area contributed by atoms with Crippen LogP contribution < -0.4 is 16.4 Å². The first kappa shape index (κ1) is 17.3. The van der Waals surface area contributed by atoms with E-state index in [0.29, 0.717) is 25.6 Å². The molecule has 0 saturated heterocycles. The lowest BCUT2D eigenvalue weighted by molar-refractivity contribution is -0.121. The number of nitrogens with two attached hydrogens (primary N) is 1. The molecular weight excluding hydrogens is 292 g/mol. The Hall–Kier alpha value is -2.08. The van der Waals surface area contributed by atoms with Crippen LogP contribution in [0, 0.1) is 5.92 Å². The van der Waals surface area contributed by atoms with Crippen LogP contribution in [-0.2, 0) is 11.3 Å². The van der Waals surface area contributed by atoms with Crippen LogP contribution in [0.25, 0.3) is 0 Å². The Labute approximate surface area is 137 Å². The topological polar surface area (TPSA) is 87.5 Å². The van der Waals surface area contributed by atoms with Gasteiger partial charge in [-0.15, -0.1) is 0 Å². The number of nitrogens with one attached hydrogen (secondary N) is 2. The van der Waals surface area contributed by atoms with Crippen LogP contribution in [0.3, 0.4) is 0 Å². The predicted octanol–water partition coefficient (Wildman–Crippen LogP) is 1.07. The molecule has 6 nitrogen and oxygen atoms in total. The second-order valence-corrected chi connectivity index (χ2v) is 6.13. The first-order valence-electron chi connectivity index (χ1n) is 8.11. The zero-order valence-electron chi connectivity index (χ0n) is 13.6. The predicted molar refractivity (Wildman–Crippen MR) is 89.6 cm³/mol. The Kier molecular flexibility index (Phi) is 6.40. The smallest absolute Gasteiger partial charge is 0.317 e. The molecular formula is C17H26N4O2. The summed E-state index contributed by atoms with van der Waals surface area (Å²) < 4.78 is 0. The molecule has 2 rings (SSSR count). The van der Waals surface area contributed by atoms with Crippen molar-refractivity contribution in [1.82, 2.24) is 15.5 Å². The van der Waals surface area contributed by atoms with E-state index in [1.807, 2.05) is 30.3 Å². The van der Waals surface area contributed by atoms with E-state index < -0.39 is 0 Å². The molecule has 126 valence electrons. The Morgan fingerprint density at radius 3 is 2.61 bits per heavy atom. The molecule has 6 heteroatoms. The number of urea groups is 1. The highest BCUT2D eigenvalue weighted by Gasteiger charge is 2.28. The average Bonchev–Trinajstić information content (AvgIpc) is 3.38. The van der Waals surface area contributed by atoms with E-state index in [1.54, 1.807) is 11.9 Å². The quantitative estimate of drug-likeness (QED) is 0.670. The average molecular weight is 318 g/mol. The van der Waals surface area contributed by atoms with E-state index in [9.17, 15) is 9.59 Å². The maximum absolute atomic E-state index is 12.0. The third-order valence-corrected chi connectivity index (χ3v) is 4.00. The minimum Gasteiger partial charge on any atom is -0.354 e. The van der Waals surface area contributed by atoms with E-state index in [1.165, 1.54) is 12.8 Å². The van der Waals surface area contributed by atoms with Gasteiger partial charge < -0.3 is 21.3 Å². The van der Waals surface area contributed by atoms with Crippen molar-refractivity contribution in [2.24, 2.45) is 11.7 Å². The van der Waals surface area contributed by atoms with E-state index in [0.717, 1.165) is 5.56 Å². The lowest BCUT2D eigenvalue weighted by Gasteiger charge is -2.18. The highest BCUT2D eigenvalue weighted by molar-refractivity contribution is 5.78. The first-order chi connectivity index (χ1) is 11.1. The fourth-order valence-electron chi connectivity index (χ4n) is 2.36. The highest BCUT2D eigenvalue weighted by atomic mass is 16.2. The molecule has 1 aliphatic carbocycles. The van der Waals surface area contributed by atoms with Crippen molar-refractivity contribution in [3.05, 3.63) is 35.9 Å². The van der Waals surface area contributed by atoms with Gasteiger partial charge in [0.05, 0.1) is 0 Å². The molecule has 23 heavy (non-hydrogen) atoms. The second kappa shape index (κ2) is 8.53. The monoisotopic (exact) mass is 318 g/mol. The summed E-state index contributed by atoms with van der Waals surface area (Å²) in [5.41, 5.74) is 6.99. The maximum atomic E-state index is 12.0. The number of hydrogen-bond donors (Lipinski definition) is 3. The van der Waals surface area contributed by atoms with Gasteiger partial charge in [-0.3, -0.25) is 4.79 Å². The van der Waals surface area contributed by atoms with Gasteiger partial charge in [-0.05, 0) is 24.3 Å². The minimum absolute atomic E-state index is 0.0607. The summed E-state index contributed by atoms with van der Waals surface area (Å²) in [4.78, 5) is 25.3. The van der Waals surface area contributed by atoms with E-state index in [2.05, 4.69) is 10.6 Å². The van der Waals surface area contributed by atoms with Gasteiger partial charge in [-0.1, -0.05) is 30.3 Å². The van der Waals surface area contributed by atoms with Crippen molar-refractivity contribution in [2.45, 2.75) is 31.8 Å². The van der Waals surface area contributed by atoms with Gasteiger partial charge in [0, 0.05) is 39.1 Å². The van der Waals surface area contributed by atoms with Crippen LogP contribution in [0.1, 0.15) is 24.8 Å². The molecule has 0 bridgehead atoms. The summed E-state index contributed by atoms with van der Waals surface area (Å²) >= 11 is 0. The molecule has 3 amide bonds. The lowest BCUT2D eigenvalue weighted by Crippen LogP contribution is -2.41. The van der Waals surface area contributed by atoms with Crippen LogP contribution in [-0.4, -0.2) is 43.0 Å². The van der Waals surface area contributed by atoms with Crippen LogP contribution in [0.15, 0.2) is 30.3 Å². The van der Waals surface area contributed by atoms with Gasteiger partial charge in [0.15, 0.2) is 0 Å². The molecule has 0 spiro atoms. The Bertz CT molecular complexity index is 517. The molecule has 1 fully saturated rings. The Balaban J connectivity index is 1.59. The largest absolute Gasteiger partial charge is 0.354 e. The van der Waals surface area contributed by atoms with Crippen LogP contribution in [0.5, 0.6) is 0 Å². The zero-order chi connectivity index (χ0) is 16.7. The van der Waals surface area contributed by atoms with Crippen molar-refractivity contribution in [2.75, 3.05) is 20.1 Å². The van der Waals surface area contributed by atoms with E-state index in [-0.39, 0.29) is 24.4 Å². The molecule has 0 radical (unpaired) electrons. The number of rotatable bonds is 8. The van der Waals surface area contributed by atoms with Crippen molar-refractivity contribution < 1.29 is 9.59 Å². The fraction of sp³-hybridized carbons (Fsp3) is 0.529. The van der Waals surface area contributed by atoms with Crippen LogP contribution >= 0.6 is 0 Å². The summed E-state index contributed by atoms with van der Waals surface area (Å²) in [7, 11) is 1.73. The molecule has 1 aromatic carbocycles.